The maximum atomic E-state index is 5.91. The molecule has 2 rings (SSSR count). The number of nitrogens with one attached hydrogen (secondary N) is 1. The largest absolute Gasteiger partial charge is 0.385 e. The van der Waals surface area contributed by atoms with Gasteiger partial charge in [0.1, 0.15) is 0 Å². The van der Waals surface area contributed by atoms with E-state index in [4.69, 9.17) is 11.6 Å². The Morgan fingerprint density at radius 1 is 1.57 bits per heavy atom. The van der Waals surface area contributed by atoms with Crippen LogP contribution in [0.25, 0.3) is 0 Å². The lowest BCUT2D eigenvalue weighted by Gasteiger charge is -2.31. The Hall–Kier alpha value is -0.760. The van der Waals surface area contributed by atoms with Gasteiger partial charge in [-0.1, -0.05) is 0 Å². The summed E-state index contributed by atoms with van der Waals surface area (Å²) < 4.78 is 0. The molecule has 0 bridgehead atoms. The fourth-order valence-electron chi connectivity index (χ4n) is 1.74. The molecule has 0 amide bonds. The quantitative estimate of drug-likeness (QED) is 0.777. The van der Waals surface area contributed by atoms with Gasteiger partial charge in [-0.3, -0.25) is 4.98 Å². The van der Waals surface area contributed by atoms with E-state index in [9.17, 15) is 0 Å². The highest BCUT2D eigenvalue weighted by atomic mass is 35.5. The minimum Gasteiger partial charge on any atom is -0.385 e. The molecule has 1 aromatic heterocycles. The van der Waals surface area contributed by atoms with Crippen molar-refractivity contribution in [1.82, 2.24) is 4.98 Å². The highest BCUT2D eigenvalue weighted by Gasteiger charge is 2.26. The van der Waals surface area contributed by atoms with Crippen LogP contribution in [-0.2, 0) is 0 Å². The zero-order valence-electron chi connectivity index (χ0n) is 8.33. The molecule has 0 radical (unpaired) electrons. The topological polar surface area (TPSA) is 24.9 Å². The molecule has 1 heterocycles. The van der Waals surface area contributed by atoms with Gasteiger partial charge < -0.3 is 5.32 Å². The summed E-state index contributed by atoms with van der Waals surface area (Å²) in [6.45, 7) is 3.04. The minimum absolute atomic E-state index is 0.418. The van der Waals surface area contributed by atoms with Crippen LogP contribution >= 0.6 is 11.6 Å². The van der Waals surface area contributed by atoms with Crippen molar-refractivity contribution in [2.75, 3.05) is 11.9 Å². The second-order valence-electron chi connectivity index (χ2n) is 4.00. The van der Waals surface area contributed by atoms with E-state index < -0.39 is 0 Å². The van der Waals surface area contributed by atoms with Crippen LogP contribution in [0.2, 0.25) is 0 Å². The Morgan fingerprint density at radius 2 is 2.36 bits per heavy atom. The van der Waals surface area contributed by atoms with Gasteiger partial charge in [0.25, 0.3) is 0 Å². The van der Waals surface area contributed by atoms with Crippen LogP contribution in [0.5, 0.6) is 0 Å². The van der Waals surface area contributed by atoms with Crippen LogP contribution in [0.1, 0.15) is 18.5 Å². The van der Waals surface area contributed by atoms with Crippen molar-refractivity contribution >= 4 is 17.3 Å². The number of halogens is 1. The Morgan fingerprint density at radius 3 is 3.00 bits per heavy atom. The summed E-state index contributed by atoms with van der Waals surface area (Å²) in [7, 11) is 0. The van der Waals surface area contributed by atoms with Gasteiger partial charge in [0.05, 0.1) is 0 Å². The van der Waals surface area contributed by atoms with Crippen molar-refractivity contribution in [2.24, 2.45) is 5.92 Å². The summed E-state index contributed by atoms with van der Waals surface area (Å²) in [4.78, 5) is 4.15. The van der Waals surface area contributed by atoms with E-state index in [1.165, 1.54) is 0 Å². The molecule has 1 aliphatic carbocycles. The molecule has 76 valence electrons. The first kappa shape index (κ1) is 9.78. The molecular formula is C11H15ClN2. The van der Waals surface area contributed by atoms with Crippen molar-refractivity contribution in [1.29, 1.82) is 0 Å². The molecule has 1 fully saturated rings. The van der Waals surface area contributed by atoms with Gasteiger partial charge in [-0.2, -0.15) is 0 Å². The summed E-state index contributed by atoms with van der Waals surface area (Å²) in [5.74, 6) is 0.756. The molecule has 0 aliphatic heterocycles. The van der Waals surface area contributed by atoms with Gasteiger partial charge in [-0.05, 0) is 37.8 Å². The zero-order valence-corrected chi connectivity index (χ0v) is 9.09. The fourth-order valence-corrected chi connectivity index (χ4v) is 2.24. The van der Waals surface area contributed by atoms with E-state index >= 15 is 0 Å². The van der Waals surface area contributed by atoms with E-state index in [1.807, 2.05) is 19.2 Å². The van der Waals surface area contributed by atoms with Crippen molar-refractivity contribution in [3.63, 3.8) is 0 Å². The SMILES string of the molecule is Cc1cc(NCC2CC(Cl)C2)ccn1. The van der Waals surface area contributed by atoms with Gasteiger partial charge in [0.2, 0.25) is 0 Å². The fraction of sp³-hybridized carbons (Fsp3) is 0.545. The van der Waals surface area contributed by atoms with E-state index in [1.54, 1.807) is 0 Å². The highest BCUT2D eigenvalue weighted by Crippen LogP contribution is 2.31. The lowest BCUT2D eigenvalue weighted by Crippen LogP contribution is -2.29. The molecule has 1 N–H and O–H groups in total. The van der Waals surface area contributed by atoms with Crippen molar-refractivity contribution in [3.05, 3.63) is 24.0 Å². The maximum Gasteiger partial charge on any atom is 0.0393 e. The number of hydrogen-bond acceptors (Lipinski definition) is 2. The average Bonchev–Trinajstić information content (AvgIpc) is 2.11. The van der Waals surface area contributed by atoms with Crippen molar-refractivity contribution in [3.8, 4) is 0 Å². The summed E-state index contributed by atoms with van der Waals surface area (Å²) in [6, 6.07) is 4.07. The highest BCUT2D eigenvalue weighted by molar-refractivity contribution is 6.21. The number of aromatic nitrogens is 1. The number of aryl methyl sites for hydroxylation is 1. The number of hydrogen-bond donors (Lipinski definition) is 1. The lowest BCUT2D eigenvalue weighted by atomic mass is 9.85. The van der Waals surface area contributed by atoms with Gasteiger partial charge in [-0.25, -0.2) is 0 Å². The molecule has 14 heavy (non-hydrogen) atoms. The molecular weight excluding hydrogens is 196 g/mol. The average molecular weight is 211 g/mol. The van der Waals surface area contributed by atoms with Crippen LogP contribution in [0.15, 0.2) is 18.3 Å². The maximum absolute atomic E-state index is 5.91. The summed E-state index contributed by atoms with van der Waals surface area (Å²) in [5, 5.41) is 3.83. The lowest BCUT2D eigenvalue weighted by molar-refractivity contribution is 0.341. The van der Waals surface area contributed by atoms with Gasteiger partial charge in [0, 0.05) is 29.5 Å². The van der Waals surface area contributed by atoms with Crippen LogP contribution in [0.3, 0.4) is 0 Å². The zero-order chi connectivity index (χ0) is 9.97. The Kier molecular flexibility index (Phi) is 2.92. The van der Waals surface area contributed by atoms with E-state index in [0.717, 1.165) is 36.7 Å². The third kappa shape index (κ3) is 2.38. The molecule has 0 unspecified atom stereocenters. The molecule has 0 aromatic carbocycles. The monoisotopic (exact) mass is 210 g/mol. The first-order valence-electron chi connectivity index (χ1n) is 5.04. The third-order valence-electron chi connectivity index (χ3n) is 2.67. The normalized spacial score (nSPS) is 25.6. The molecule has 1 saturated carbocycles. The standard InChI is InChI=1S/C11H15ClN2/c1-8-4-11(2-3-13-8)14-7-9-5-10(12)6-9/h2-4,9-10H,5-7H2,1H3,(H,13,14). The summed E-state index contributed by atoms with van der Waals surface area (Å²) in [6.07, 6.45) is 4.14. The number of rotatable bonds is 3. The first-order chi connectivity index (χ1) is 6.74. The Labute approximate surface area is 89.7 Å². The minimum atomic E-state index is 0.418. The van der Waals surface area contributed by atoms with Gasteiger partial charge in [-0.15, -0.1) is 11.6 Å². The third-order valence-corrected chi connectivity index (χ3v) is 3.03. The second kappa shape index (κ2) is 4.18. The molecule has 1 aliphatic rings. The van der Waals surface area contributed by atoms with Gasteiger partial charge >= 0.3 is 0 Å². The smallest absolute Gasteiger partial charge is 0.0393 e. The van der Waals surface area contributed by atoms with Gasteiger partial charge in [0.15, 0.2) is 0 Å². The van der Waals surface area contributed by atoms with Crippen LogP contribution in [0.4, 0.5) is 5.69 Å². The summed E-state index contributed by atoms with van der Waals surface area (Å²) in [5.41, 5.74) is 2.22. The molecule has 1 aromatic rings. The Bertz CT molecular complexity index is 308. The molecule has 3 heteroatoms. The van der Waals surface area contributed by atoms with E-state index in [-0.39, 0.29) is 0 Å². The molecule has 0 spiro atoms. The first-order valence-corrected chi connectivity index (χ1v) is 5.48. The number of anilines is 1. The van der Waals surface area contributed by atoms with E-state index in [2.05, 4.69) is 16.4 Å². The predicted octanol–water partition coefficient (Wildman–Crippen LogP) is 2.82. The van der Waals surface area contributed by atoms with Crippen LogP contribution in [-0.4, -0.2) is 16.9 Å². The number of alkyl halides is 1. The van der Waals surface area contributed by atoms with Crippen molar-refractivity contribution in [2.45, 2.75) is 25.1 Å². The predicted molar refractivity (Wildman–Crippen MR) is 59.8 cm³/mol. The second-order valence-corrected chi connectivity index (χ2v) is 4.62. The number of nitrogens with zero attached hydrogens (tertiary/aromatic N) is 1. The number of pyridine rings is 1. The molecule has 0 saturated heterocycles. The van der Waals surface area contributed by atoms with E-state index in [0.29, 0.717) is 5.38 Å². The summed E-state index contributed by atoms with van der Waals surface area (Å²) >= 11 is 5.91. The Balaban J connectivity index is 1.80. The molecule has 2 nitrogen and oxygen atoms in total. The van der Waals surface area contributed by atoms with Crippen LogP contribution < -0.4 is 5.32 Å². The van der Waals surface area contributed by atoms with Crippen molar-refractivity contribution < 1.29 is 0 Å². The van der Waals surface area contributed by atoms with Crippen LogP contribution in [0, 0.1) is 12.8 Å². The molecule has 0 atom stereocenters.